The van der Waals surface area contributed by atoms with Gasteiger partial charge < -0.3 is 9.74 Å². The maximum absolute atomic E-state index is 6.30. The van der Waals surface area contributed by atoms with E-state index in [1.54, 1.807) is 0 Å². The van der Waals surface area contributed by atoms with Gasteiger partial charge in [0.15, 0.2) is 8.32 Å². The van der Waals surface area contributed by atoms with Crippen LogP contribution in [0.2, 0.25) is 18.1 Å². The van der Waals surface area contributed by atoms with Crippen LogP contribution in [-0.4, -0.2) is 21.5 Å². The normalized spacial score (nSPS) is 17.1. The van der Waals surface area contributed by atoms with E-state index < -0.39 is 8.32 Å². The van der Waals surface area contributed by atoms with Crippen molar-refractivity contribution in [3.63, 3.8) is 0 Å². The van der Waals surface area contributed by atoms with Gasteiger partial charge >= 0.3 is 0 Å². The molecule has 0 saturated heterocycles. The van der Waals surface area contributed by atoms with Gasteiger partial charge in [0.25, 0.3) is 0 Å². The van der Waals surface area contributed by atoms with Crippen LogP contribution in [0, 0.1) is 5.92 Å². The molecule has 3 heteroatoms. The second-order valence-electron chi connectivity index (χ2n) is 8.87. The average Bonchev–Trinajstić information content (AvgIpc) is 3.32. The number of benzene rings is 1. The summed E-state index contributed by atoms with van der Waals surface area (Å²) in [6, 6.07) is 9.81. The molecule has 2 rings (SSSR count). The van der Waals surface area contributed by atoms with Crippen LogP contribution in [0.25, 0.3) is 0 Å². The monoisotopic (exact) mass is 347 g/mol. The lowest BCUT2D eigenvalue weighted by Crippen LogP contribution is -2.41. The Hall–Kier alpha value is -0.643. The molecule has 1 unspecified atom stereocenters. The summed E-state index contributed by atoms with van der Waals surface area (Å²) in [5.41, 5.74) is 2.85. The maximum atomic E-state index is 6.30. The minimum atomic E-state index is -1.62. The first-order valence-electron chi connectivity index (χ1n) is 9.71. The van der Waals surface area contributed by atoms with Crippen LogP contribution < -0.4 is 5.32 Å². The van der Waals surface area contributed by atoms with Crippen LogP contribution in [0.5, 0.6) is 0 Å². The molecule has 0 bridgehead atoms. The van der Waals surface area contributed by atoms with Crippen molar-refractivity contribution in [3.8, 4) is 0 Å². The van der Waals surface area contributed by atoms with Gasteiger partial charge in [-0.25, -0.2) is 0 Å². The smallest absolute Gasteiger partial charge is 0.191 e. The van der Waals surface area contributed by atoms with Gasteiger partial charge in [0.2, 0.25) is 0 Å². The highest BCUT2D eigenvalue weighted by atomic mass is 28.4. The molecule has 24 heavy (non-hydrogen) atoms. The molecular formula is C21H37NOSi. The highest BCUT2D eigenvalue weighted by molar-refractivity contribution is 6.74. The molecule has 1 aromatic rings. The Labute approximate surface area is 150 Å². The fourth-order valence-electron chi connectivity index (χ4n) is 2.82. The van der Waals surface area contributed by atoms with Crippen LogP contribution in [0.1, 0.15) is 64.1 Å². The number of nitrogens with one attached hydrogen (secondary N) is 1. The van der Waals surface area contributed by atoms with Gasteiger partial charge in [0, 0.05) is 12.6 Å². The van der Waals surface area contributed by atoms with E-state index in [0.717, 1.165) is 25.5 Å². The number of hydrogen-bond donors (Lipinski definition) is 1. The van der Waals surface area contributed by atoms with Crippen molar-refractivity contribution in [2.24, 2.45) is 5.92 Å². The zero-order valence-corrected chi connectivity index (χ0v) is 17.6. The van der Waals surface area contributed by atoms with E-state index in [4.69, 9.17) is 4.43 Å². The Balaban J connectivity index is 1.87. The van der Waals surface area contributed by atoms with Crippen molar-refractivity contribution in [1.29, 1.82) is 0 Å². The third-order valence-corrected chi connectivity index (χ3v) is 10.2. The second kappa shape index (κ2) is 8.16. The molecule has 1 fully saturated rings. The van der Waals surface area contributed by atoms with Gasteiger partial charge in [0.1, 0.15) is 0 Å². The van der Waals surface area contributed by atoms with Gasteiger partial charge in [-0.2, -0.15) is 0 Å². The first-order valence-corrected chi connectivity index (χ1v) is 12.6. The first-order chi connectivity index (χ1) is 11.2. The second-order valence-corrected chi connectivity index (χ2v) is 13.7. The zero-order chi connectivity index (χ0) is 17.8. The van der Waals surface area contributed by atoms with Crippen LogP contribution in [0.4, 0.5) is 0 Å². The summed E-state index contributed by atoms with van der Waals surface area (Å²) in [6.07, 6.45) is 4.97. The summed E-state index contributed by atoms with van der Waals surface area (Å²) in [6.45, 7) is 15.8. The topological polar surface area (TPSA) is 21.3 Å². The molecule has 0 amide bonds. The van der Waals surface area contributed by atoms with Crippen molar-refractivity contribution in [3.05, 3.63) is 35.4 Å². The van der Waals surface area contributed by atoms with Crippen molar-refractivity contribution >= 4 is 8.32 Å². The lowest BCUT2D eigenvalue weighted by Gasteiger charge is -2.36. The minimum Gasteiger partial charge on any atom is -0.416 e. The highest BCUT2D eigenvalue weighted by Gasteiger charge is 2.36. The largest absolute Gasteiger partial charge is 0.416 e. The summed E-state index contributed by atoms with van der Waals surface area (Å²) in [4.78, 5) is 0. The number of rotatable bonds is 9. The standard InChI is InChI=1S/C21H37NOSi/c1-7-15-22-20(19-12-13-19)18-10-8-17(9-11-18)14-16-23-24(5,6)21(2,3)4/h8-11,19-20,22H,7,12-16H2,1-6H3. The molecule has 0 heterocycles. The molecule has 0 aliphatic heterocycles. The van der Waals surface area contributed by atoms with Gasteiger partial charge in [-0.05, 0) is 67.4 Å². The van der Waals surface area contributed by atoms with E-state index in [1.807, 2.05) is 0 Å². The van der Waals surface area contributed by atoms with Gasteiger partial charge in [-0.1, -0.05) is 52.0 Å². The molecule has 1 aliphatic rings. The Morgan fingerprint density at radius 2 is 1.79 bits per heavy atom. The Morgan fingerprint density at radius 3 is 2.29 bits per heavy atom. The van der Waals surface area contributed by atoms with Crippen molar-refractivity contribution in [2.75, 3.05) is 13.2 Å². The Bertz CT molecular complexity index is 500. The van der Waals surface area contributed by atoms with Crippen molar-refractivity contribution in [2.45, 2.75) is 77.6 Å². The summed E-state index contributed by atoms with van der Waals surface area (Å²) >= 11 is 0. The molecule has 1 aromatic carbocycles. The fourth-order valence-corrected chi connectivity index (χ4v) is 3.86. The van der Waals surface area contributed by atoms with E-state index in [-0.39, 0.29) is 0 Å². The molecule has 0 aromatic heterocycles. The SMILES string of the molecule is CCCNC(c1ccc(CCO[Si](C)(C)C(C)(C)C)cc1)C1CC1. The minimum absolute atomic E-state index is 0.291. The summed E-state index contributed by atoms with van der Waals surface area (Å²) in [5, 5.41) is 4.02. The van der Waals surface area contributed by atoms with Gasteiger partial charge in [-0.15, -0.1) is 0 Å². The van der Waals surface area contributed by atoms with E-state index in [9.17, 15) is 0 Å². The molecule has 1 aliphatic carbocycles. The molecular weight excluding hydrogens is 310 g/mol. The van der Waals surface area contributed by atoms with E-state index in [2.05, 4.69) is 70.4 Å². The average molecular weight is 348 g/mol. The van der Waals surface area contributed by atoms with Crippen LogP contribution in [0.15, 0.2) is 24.3 Å². The predicted octanol–water partition coefficient (Wildman–Crippen LogP) is 5.70. The highest BCUT2D eigenvalue weighted by Crippen LogP contribution is 2.41. The molecule has 2 nitrogen and oxygen atoms in total. The Morgan fingerprint density at radius 1 is 1.17 bits per heavy atom. The van der Waals surface area contributed by atoms with E-state index in [1.165, 1.54) is 30.4 Å². The zero-order valence-electron chi connectivity index (χ0n) is 16.6. The third kappa shape index (κ3) is 5.43. The van der Waals surface area contributed by atoms with Crippen molar-refractivity contribution < 1.29 is 4.43 Å². The quantitative estimate of drug-likeness (QED) is 0.578. The Kier molecular flexibility index (Phi) is 6.69. The summed E-state index contributed by atoms with van der Waals surface area (Å²) < 4.78 is 6.30. The molecule has 1 saturated carbocycles. The summed E-state index contributed by atoms with van der Waals surface area (Å²) in [7, 11) is -1.62. The van der Waals surface area contributed by atoms with E-state index >= 15 is 0 Å². The number of hydrogen-bond acceptors (Lipinski definition) is 2. The van der Waals surface area contributed by atoms with Crippen molar-refractivity contribution in [1.82, 2.24) is 5.32 Å². The first kappa shape index (κ1) is 19.7. The van der Waals surface area contributed by atoms with Gasteiger partial charge in [0.05, 0.1) is 0 Å². The summed E-state index contributed by atoms with van der Waals surface area (Å²) in [5.74, 6) is 0.851. The fraction of sp³-hybridized carbons (Fsp3) is 0.714. The van der Waals surface area contributed by atoms with Crippen LogP contribution in [-0.2, 0) is 10.8 Å². The lowest BCUT2D eigenvalue weighted by molar-refractivity contribution is 0.292. The maximum Gasteiger partial charge on any atom is 0.191 e. The lowest BCUT2D eigenvalue weighted by atomic mass is 10.00. The van der Waals surface area contributed by atoms with Crippen LogP contribution in [0.3, 0.4) is 0 Å². The van der Waals surface area contributed by atoms with Gasteiger partial charge in [-0.3, -0.25) is 0 Å². The molecule has 0 spiro atoms. The molecule has 1 atom stereocenters. The van der Waals surface area contributed by atoms with E-state index in [0.29, 0.717) is 11.1 Å². The predicted molar refractivity (Wildman–Crippen MR) is 107 cm³/mol. The van der Waals surface area contributed by atoms with Crippen LogP contribution >= 0.6 is 0 Å². The third-order valence-electron chi connectivity index (χ3n) is 5.71. The molecule has 0 radical (unpaired) electrons. The molecule has 136 valence electrons. The molecule has 1 N–H and O–H groups in total.